The minimum atomic E-state index is 0.542. The van der Waals surface area contributed by atoms with Gasteiger partial charge in [0.25, 0.3) is 0 Å². The lowest BCUT2D eigenvalue weighted by molar-refractivity contribution is 0.388. The van der Waals surface area contributed by atoms with Crippen molar-refractivity contribution in [2.75, 3.05) is 18.4 Å². The fourth-order valence-electron chi connectivity index (χ4n) is 2.38. The Morgan fingerprint density at radius 1 is 1.53 bits per heavy atom. The molecule has 0 saturated heterocycles. The molecule has 2 aromatic heterocycles. The maximum Gasteiger partial charge on any atom is 0.146 e. The molecule has 0 fully saturated rings. The smallest absolute Gasteiger partial charge is 0.146 e. The van der Waals surface area contributed by atoms with Crippen LogP contribution in [-0.4, -0.2) is 37.6 Å². The highest BCUT2D eigenvalue weighted by atomic mass is 15.3. The summed E-state index contributed by atoms with van der Waals surface area (Å²) in [6, 6.07) is 2.09. The summed E-state index contributed by atoms with van der Waals surface area (Å²) in [4.78, 5) is 0. The van der Waals surface area contributed by atoms with Crippen molar-refractivity contribution in [2.24, 2.45) is 13.0 Å². The number of fused-ring (bicyclic) bond motifs is 1. The first-order chi connectivity index (χ1) is 9.22. The van der Waals surface area contributed by atoms with Crippen molar-refractivity contribution in [1.29, 1.82) is 0 Å². The van der Waals surface area contributed by atoms with E-state index in [2.05, 4.69) is 32.0 Å². The molecule has 7 heteroatoms. The summed E-state index contributed by atoms with van der Waals surface area (Å²) in [6.07, 6.45) is 1.72. The van der Waals surface area contributed by atoms with Gasteiger partial charge in [-0.15, -0.1) is 10.2 Å². The van der Waals surface area contributed by atoms with Gasteiger partial charge in [-0.3, -0.25) is 0 Å². The molecule has 0 unspecified atom stereocenters. The molecular formula is C12H19N7. The molecule has 1 aliphatic heterocycles. The molecule has 0 bridgehead atoms. The number of anilines is 1. The lowest BCUT2D eigenvalue weighted by atomic mass is 10.1. The first kappa shape index (κ1) is 12.2. The van der Waals surface area contributed by atoms with E-state index in [1.165, 1.54) is 0 Å². The van der Waals surface area contributed by atoms with Gasteiger partial charge in [-0.25, -0.2) is 4.68 Å². The molecule has 0 radical (unpaired) electrons. The third-order valence-electron chi connectivity index (χ3n) is 3.43. The van der Waals surface area contributed by atoms with Crippen LogP contribution in [0.2, 0.25) is 0 Å². The molecule has 0 spiro atoms. The maximum absolute atomic E-state index is 4.47. The second-order valence-electron chi connectivity index (χ2n) is 5.09. The van der Waals surface area contributed by atoms with Crippen LogP contribution >= 0.6 is 0 Å². The van der Waals surface area contributed by atoms with E-state index >= 15 is 0 Å². The Morgan fingerprint density at radius 3 is 3.21 bits per heavy atom. The van der Waals surface area contributed by atoms with Crippen LogP contribution in [0.25, 0.3) is 0 Å². The molecule has 0 aromatic carbocycles. The van der Waals surface area contributed by atoms with Crippen molar-refractivity contribution in [1.82, 2.24) is 29.9 Å². The zero-order chi connectivity index (χ0) is 13.2. The van der Waals surface area contributed by atoms with E-state index in [9.17, 15) is 0 Å². The second kappa shape index (κ2) is 5.00. The topological polar surface area (TPSA) is 72.6 Å². The third-order valence-corrected chi connectivity index (χ3v) is 3.43. The van der Waals surface area contributed by atoms with Gasteiger partial charge in [-0.2, -0.15) is 5.10 Å². The monoisotopic (exact) mass is 261 g/mol. The quantitative estimate of drug-likeness (QED) is 0.820. The van der Waals surface area contributed by atoms with Crippen LogP contribution in [0.5, 0.6) is 0 Å². The first-order valence-corrected chi connectivity index (χ1v) is 6.54. The number of hydrogen-bond acceptors (Lipinski definition) is 5. The summed E-state index contributed by atoms with van der Waals surface area (Å²) in [5, 5.41) is 19.2. The number of aryl methyl sites for hydroxylation is 2. The van der Waals surface area contributed by atoms with E-state index in [1.807, 2.05) is 23.2 Å². The predicted molar refractivity (Wildman–Crippen MR) is 71.7 cm³/mol. The Morgan fingerprint density at radius 2 is 2.42 bits per heavy atom. The van der Waals surface area contributed by atoms with Crippen LogP contribution in [0.3, 0.4) is 0 Å². The van der Waals surface area contributed by atoms with Gasteiger partial charge in [0.15, 0.2) is 0 Å². The van der Waals surface area contributed by atoms with Crippen molar-refractivity contribution in [3.63, 3.8) is 0 Å². The van der Waals surface area contributed by atoms with E-state index < -0.39 is 0 Å². The van der Waals surface area contributed by atoms with Crippen LogP contribution in [-0.2, 0) is 20.1 Å². The van der Waals surface area contributed by atoms with Crippen LogP contribution in [0.15, 0.2) is 12.4 Å². The maximum atomic E-state index is 4.47. The standard InChI is InChI=1S/C12H19N7/c1-9-3-11-14-5-10(7-19(11)17-9)4-13-6-12-16-15-8-18(12)2/h3,8,10,13-14H,4-7H2,1-2H3/t10-/m1/s1. The second-order valence-corrected chi connectivity index (χ2v) is 5.09. The van der Waals surface area contributed by atoms with Gasteiger partial charge in [0.05, 0.1) is 12.2 Å². The Hall–Kier alpha value is -1.89. The van der Waals surface area contributed by atoms with Gasteiger partial charge in [-0.1, -0.05) is 0 Å². The number of nitrogens with zero attached hydrogens (tertiary/aromatic N) is 5. The summed E-state index contributed by atoms with van der Waals surface area (Å²) < 4.78 is 3.98. The van der Waals surface area contributed by atoms with E-state index in [4.69, 9.17) is 0 Å². The van der Waals surface area contributed by atoms with Crippen molar-refractivity contribution < 1.29 is 0 Å². The number of aromatic nitrogens is 5. The molecule has 19 heavy (non-hydrogen) atoms. The molecule has 3 heterocycles. The van der Waals surface area contributed by atoms with E-state index in [0.717, 1.165) is 43.5 Å². The third kappa shape index (κ3) is 2.60. The van der Waals surface area contributed by atoms with Crippen molar-refractivity contribution in [3.05, 3.63) is 23.9 Å². The number of hydrogen-bond donors (Lipinski definition) is 2. The molecule has 0 saturated carbocycles. The van der Waals surface area contributed by atoms with Crippen LogP contribution < -0.4 is 10.6 Å². The minimum absolute atomic E-state index is 0.542. The Balaban J connectivity index is 1.51. The predicted octanol–water partition coefficient (Wildman–Crippen LogP) is 0.152. The van der Waals surface area contributed by atoms with Crippen molar-refractivity contribution >= 4 is 5.82 Å². The SMILES string of the molecule is Cc1cc2n(n1)C[C@H](CNCc1nncn1C)CN2. The van der Waals surface area contributed by atoms with E-state index in [1.54, 1.807) is 6.33 Å². The molecule has 1 atom stereocenters. The first-order valence-electron chi connectivity index (χ1n) is 6.54. The van der Waals surface area contributed by atoms with Gasteiger partial charge < -0.3 is 15.2 Å². The molecule has 2 N–H and O–H groups in total. The highest BCUT2D eigenvalue weighted by Crippen LogP contribution is 2.17. The molecular weight excluding hydrogens is 242 g/mol. The zero-order valence-corrected chi connectivity index (χ0v) is 11.3. The molecule has 102 valence electrons. The van der Waals surface area contributed by atoms with Crippen molar-refractivity contribution in [3.8, 4) is 0 Å². The van der Waals surface area contributed by atoms with Gasteiger partial charge in [0.2, 0.25) is 0 Å². The van der Waals surface area contributed by atoms with Crippen LogP contribution in [0.1, 0.15) is 11.5 Å². The van der Waals surface area contributed by atoms with Crippen LogP contribution in [0, 0.1) is 12.8 Å². The molecule has 2 aromatic rings. The Labute approximate surface area is 112 Å². The molecule has 1 aliphatic rings. The highest BCUT2D eigenvalue weighted by molar-refractivity contribution is 5.38. The lowest BCUT2D eigenvalue weighted by Crippen LogP contribution is -2.35. The van der Waals surface area contributed by atoms with Gasteiger partial charge >= 0.3 is 0 Å². The summed E-state index contributed by atoms with van der Waals surface area (Å²) in [5.74, 6) is 2.63. The lowest BCUT2D eigenvalue weighted by Gasteiger charge is -2.25. The highest BCUT2D eigenvalue weighted by Gasteiger charge is 2.18. The molecule has 0 aliphatic carbocycles. The number of nitrogens with one attached hydrogen (secondary N) is 2. The van der Waals surface area contributed by atoms with E-state index in [-0.39, 0.29) is 0 Å². The van der Waals surface area contributed by atoms with Crippen LogP contribution in [0.4, 0.5) is 5.82 Å². The van der Waals surface area contributed by atoms with E-state index in [0.29, 0.717) is 5.92 Å². The molecule has 0 amide bonds. The van der Waals surface area contributed by atoms with Gasteiger partial charge in [-0.05, 0) is 6.92 Å². The minimum Gasteiger partial charge on any atom is -0.370 e. The summed E-state index contributed by atoms with van der Waals surface area (Å²) >= 11 is 0. The average molecular weight is 261 g/mol. The fraction of sp³-hybridized carbons (Fsp3) is 0.583. The zero-order valence-electron chi connectivity index (χ0n) is 11.3. The van der Waals surface area contributed by atoms with Gasteiger partial charge in [0, 0.05) is 38.7 Å². The average Bonchev–Trinajstić information content (AvgIpc) is 2.94. The van der Waals surface area contributed by atoms with Crippen molar-refractivity contribution in [2.45, 2.75) is 20.0 Å². The summed E-state index contributed by atoms with van der Waals surface area (Å²) in [7, 11) is 1.96. The summed E-state index contributed by atoms with van der Waals surface area (Å²) in [5.41, 5.74) is 1.06. The molecule has 7 nitrogen and oxygen atoms in total. The molecule has 3 rings (SSSR count). The van der Waals surface area contributed by atoms with Gasteiger partial charge in [0.1, 0.15) is 18.0 Å². The summed E-state index contributed by atoms with van der Waals surface area (Å²) in [6.45, 7) is 5.66. The normalized spacial score (nSPS) is 18.1. The number of rotatable bonds is 4. The Bertz CT molecular complexity index is 556. The Kier molecular flexibility index (Phi) is 3.20. The largest absolute Gasteiger partial charge is 0.370 e. The fourth-order valence-corrected chi connectivity index (χ4v) is 2.38.